The molecule has 0 bridgehead atoms. The molecule has 132 heavy (non-hydrogen) atoms. The fourth-order valence-electron chi connectivity index (χ4n) is 23.3. The number of rotatable bonds is 53. The highest BCUT2D eigenvalue weighted by atomic mass is 28.4. The Morgan fingerprint density at radius 1 is 0.402 bits per heavy atom. The predicted octanol–water partition coefficient (Wildman–Crippen LogP) is 28.3. The molecule has 3 N–H and O–H groups in total. The number of Topliss-reactive ketones (excluding diaryl/α,β-unsaturated/α-hetero) is 2. The van der Waals surface area contributed by atoms with Crippen LogP contribution in [0.25, 0.3) is 21.5 Å². The van der Waals surface area contributed by atoms with Gasteiger partial charge in [-0.3, -0.25) is 29.1 Å². The molecule has 8 aromatic rings. The number of benzene rings is 6. The van der Waals surface area contributed by atoms with Gasteiger partial charge in [-0.2, -0.15) is 0 Å². The third-order valence-electron chi connectivity index (χ3n) is 30.0. The fourth-order valence-corrected chi connectivity index (χ4v) is 40.1. The number of ketones is 2. The van der Waals surface area contributed by atoms with Crippen LogP contribution in [0.15, 0.2) is 207 Å². The number of aliphatic hydroxyl groups excluding tert-OH is 3. The predicted molar refractivity (Wildman–Crippen MR) is 552 cm³/mol. The number of aliphatic hydroxyl groups is 3. The molecule has 17 heteroatoms. The topological polar surface area (TPSA) is 201 Å². The molecule has 0 amide bonds. The lowest BCUT2D eigenvalue weighted by Crippen LogP contribution is -2.51. The Bertz CT molecular complexity index is 4770. The van der Waals surface area contributed by atoms with Crippen molar-refractivity contribution in [2.24, 2.45) is 23.7 Å². The maximum atomic E-state index is 13.6. The Kier molecular flexibility index (Phi) is 43.5. The van der Waals surface area contributed by atoms with Gasteiger partial charge in [0.05, 0.1) is 30.5 Å². The minimum atomic E-state index is -2.28. The van der Waals surface area contributed by atoms with E-state index >= 15 is 0 Å². The standard InChI is InChI=1S/C71H113NO6Si3.C44H53NO6/c1-20-65(68(73)45-60-34-38-63-47-72-43-42-62(63)44-60)61-36-32-59(33-37-61)48-75-71(74)31-27-22-21-26-30-66-67(41-40-64(39-35-58-28-24-23-25-29-58)76-79(49(2)3,50(4)5)51(6)7)70(78-81(55(14)15,56(16)17)57(18)19)46-69(66)77-80(52(8)9,53(10)11)54(12)13;1-2-38(41(47)27-33-16-20-36-29-45-25-24-35(36)26-33)34-18-14-32(15-19-34)30-51-44(50)13-9-4-3-8-12-39-40(43(49)28-42(39)48)23-22-37(46)21-17-31-10-6-5-7-11-31/h21,23-26,28-29,32-34,36-38,42-44,47,49-57,64-67,69-70H,20,22,27,30-31,35,39-41,45-46,48H2,1-19H3;3,5-8,10-11,14-16,18-20,24-26,29,37-40,42-43,46,48-49H,2,4,9,12-13,17,21-23,27-28,30H2,1H3/b26-21-;8-3-/t64-,65?,66+,67+,69-,70+;37-,38?,39+,40+,42-,43+/m00/s1. The van der Waals surface area contributed by atoms with Gasteiger partial charge in [-0.25, -0.2) is 0 Å². The van der Waals surface area contributed by atoms with Crippen LogP contribution < -0.4 is 0 Å². The first kappa shape index (κ1) is 108. The van der Waals surface area contributed by atoms with E-state index in [0.717, 1.165) is 126 Å². The molecule has 0 aliphatic heterocycles. The number of hydrogen-bond donors (Lipinski definition) is 3. The summed E-state index contributed by atoms with van der Waals surface area (Å²) in [6.07, 6.45) is 30.5. The molecule has 0 radical (unpaired) electrons. The minimum Gasteiger partial charge on any atom is -0.461 e. The van der Waals surface area contributed by atoms with E-state index in [1.54, 1.807) is 12.4 Å². The van der Waals surface area contributed by atoms with Gasteiger partial charge in [-0.1, -0.05) is 308 Å². The van der Waals surface area contributed by atoms with Gasteiger partial charge in [0.25, 0.3) is 0 Å². The van der Waals surface area contributed by atoms with E-state index in [-0.39, 0.29) is 78.7 Å². The summed E-state index contributed by atoms with van der Waals surface area (Å²) in [4.78, 5) is 60.8. The van der Waals surface area contributed by atoms with Crippen molar-refractivity contribution >= 4 is 70.0 Å². The first-order valence-electron chi connectivity index (χ1n) is 50.8. The van der Waals surface area contributed by atoms with Crippen LogP contribution in [0.5, 0.6) is 0 Å². The summed E-state index contributed by atoms with van der Waals surface area (Å²) in [5.41, 5.74) is 12.8. The number of aromatic nitrogens is 2. The summed E-state index contributed by atoms with van der Waals surface area (Å²) < 4.78 is 35.3. The fraction of sp³-hybridized carbons (Fsp3) is 0.565. The molecule has 12 atom stereocenters. The molecule has 2 saturated carbocycles. The van der Waals surface area contributed by atoms with E-state index in [2.05, 4.69) is 208 Å². The van der Waals surface area contributed by atoms with E-state index < -0.39 is 43.3 Å². The maximum absolute atomic E-state index is 13.6. The van der Waals surface area contributed by atoms with Crippen LogP contribution in [0.1, 0.15) is 310 Å². The average molecular weight is 1850 g/mol. The van der Waals surface area contributed by atoms with Crippen molar-refractivity contribution in [2.45, 2.75) is 391 Å². The highest BCUT2D eigenvalue weighted by molar-refractivity contribution is 6.78. The van der Waals surface area contributed by atoms with Gasteiger partial charge in [0, 0.05) is 79.2 Å². The monoisotopic (exact) mass is 1850 g/mol. The molecule has 14 nitrogen and oxygen atoms in total. The largest absolute Gasteiger partial charge is 0.461 e. The Morgan fingerprint density at radius 2 is 0.788 bits per heavy atom. The second-order valence-corrected chi connectivity index (χ2v) is 57.7. The second kappa shape index (κ2) is 53.1. The highest BCUT2D eigenvalue weighted by Gasteiger charge is 2.56. The zero-order valence-electron chi connectivity index (χ0n) is 84.1. The van der Waals surface area contributed by atoms with Gasteiger partial charge in [0.2, 0.25) is 25.0 Å². The summed E-state index contributed by atoms with van der Waals surface area (Å²) in [6, 6.07) is 53.2. The van der Waals surface area contributed by atoms with Gasteiger partial charge in [-0.05, 0) is 257 Å². The smallest absolute Gasteiger partial charge is 0.306 e. The third kappa shape index (κ3) is 29.9. The second-order valence-electron chi connectivity index (χ2n) is 41.4. The van der Waals surface area contributed by atoms with Crippen LogP contribution >= 0.6 is 0 Å². The van der Waals surface area contributed by atoms with Gasteiger partial charge < -0.3 is 38.1 Å². The molecule has 0 spiro atoms. The Hall–Kier alpha value is -7.69. The molecule has 0 saturated heterocycles. The van der Waals surface area contributed by atoms with Crippen molar-refractivity contribution in [3.05, 3.63) is 251 Å². The average Bonchev–Trinajstić information content (AvgIpc) is 1.67. The molecule has 2 heterocycles. The van der Waals surface area contributed by atoms with E-state index in [1.165, 1.54) is 11.1 Å². The Labute approximate surface area is 798 Å². The molecule has 2 unspecified atom stereocenters. The summed E-state index contributed by atoms with van der Waals surface area (Å²) in [5.74, 6) is 0.106. The molecule has 720 valence electrons. The molecule has 2 fully saturated rings. The number of carbonyl (C=O) groups excluding carboxylic acids is 4. The van der Waals surface area contributed by atoms with Crippen LogP contribution in [0.2, 0.25) is 49.9 Å². The summed E-state index contributed by atoms with van der Waals surface area (Å²) in [6.45, 7) is 48.3. The number of allylic oxidation sites excluding steroid dienone is 4. The molecule has 6 aromatic carbocycles. The number of fused-ring (bicyclic) bond motifs is 2. The van der Waals surface area contributed by atoms with Crippen molar-refractivity contribution in [3.8, 4) is 0 Å². The number of nitrogens with zero attached hydrogens (tertiary/aromatic N) is 2. The van der Waals surface area contributed by atoms with Crippen LogP contribution in [-0.2, 0) is 80.8 Å². The molecule has 2 aliphatic carbocycles. The van der Waals surface area contributed by atoms with Crippen molar-refractivity contribution in [1.82, 2.24) is 9.97 Å². The Morgan fingerprint density at radius 3 is 1.20 bits per heavy atom. The Balaban J connectivity index is 0.000000328. The van der Waals surface area contributed by atoms with Gasteiger partial charge in [0.15, 0.2) is 0 Å². The summed E-state index contributed by atoms with van der Waals surface area (Å²) >= 11 is 0. The zero-order valence-corrected chi connectivity index (χ0v) is 87.1. The van der Waals surface area contributed by atoms with Crippen molar-refractivity contribution in [2.75, 3.05) is 0 Å². The van der Waals surface area contributed by atoms with E-state index in [1.807, 2.05) is 135 Å². The number of esters is 2. The lowest BCUT2D eigenvalue weighted by Gasteiger charge is -2.46. The molecule has 2 aliphatic rings. The van der Waals surface area contributed by atoms with Crippen LogP contribution in [0.3, 0.4) is 0 Å². The van der Waals surface area contributed by atoms with Crippen molar-refractivity contribution in [3.63, 3.8) is 0 Å². The lowest BCUT2D eigenvalue weighted by molar-refractivity contribution is -0.145. The van der Waals surface area contributed by atoms with Crippen molar-refractivity contribution < 1.29 is 57.2 Å². The zero-order chi connectivity index (χ0) is 95.8. The summed E-state index contributed by atoms with van der Waals surface area (Å²) in [5, 5.41) is 36.0. The summed E-state index contributed by atoms with van der Waals surface area (Å²) in [7, 11) is -6.75. The molecular formula is C115H166N2O12Si3. The van der Waals surface area contributed by atoms with E-state index in [9.17, 15) is 34.5 Å². The quantitative estimate of drug-likeness (QED) is 0.0141. The van der Waals surface area contributed by atoms with Crippen LogP contribution in [0, 0.1) is 23.7 Å². The highest BCUT2D eigenvalue weighted by Crippen LogP contribution is 2.54. The molecule has 10 rings (SSSR count). The van der Waals surface area contributed by atoms with Gasteiger partial charge >= 0.3 is 11.9 Å². The number of unbranched alkanes of at least 4 members (excludes halogenated alkanes) is 2. The number of pyridine rings is 2. The first-order valence-corrected chi connectivity index (χ1v) is 57.2. The third-order valence-corrected chi connectivity index (χ3v) is 48.4. The van der Waals surface area contributed by atoms with Crippen molar-refractivity contribution in [1.29, 1.82) is 0 Å². The lowest BCUT2D eigenvalue weighted by atomic mass is 9.85. The van der Waals surface area contributed by atoms with Crippen LogP contribution in [-0.4, -0.2) is 110 Å². The number of hydrogen-bond acceptors (Lipinski definition) is 14. The number of ether oxygens (including phenoxy) is 2. The first-order chi connectivity index (χ1) is 63.1. The minimum absolute atomic E-state index is 0.0396. The number of aryl methyl sites for hydroxylation is 2. The SMILES string of the molecule is CCC(C(=O)Cc1ccc2cnccc2c1)c1ccc(COC(=O)CCC/C=C\C[C@@H]2[C@@H](CC[C@@H](O)CCc3ccccc3)[C@H](O)C[C@@H]2O)cc1.CCC(C(=O)Cc1ccc2cnccc2c1)c1ccc(COC(=O)CCC/C=C\C[C@@H]2[C@@H](CC[C@H](CCc3ccccc3)O[Si](C(C)C)(C(C)C)C(C)C)[C@H](O[Si](C(C)C)(C(C)C)C(C)C)C[C@@H]2O[Si](C(C)C)(C(C)C)C(C)C)cc1. The van der Waals surface area contributed by atoms with Gasteiger partial charge in [0.1, 0.15) is 24.8 Å². The van der Waals surface area contributed by atoms with E-state index in [4.69, 9.17) is 22.8 Å². The number of carbonyl (C=O) groups is 4. The normalized spacial score (nSPS) is 19.1. The van der Waals surface area contributed by atoms with E-state index in [0.29, 0.717) is 132 Å². The maximum Gasteiger partial charge on any atom is 0.306 e. The molecule has 2 aromatic heterocycles. The molecular weight excluding hydrogens is 1690 g/mol. The van der Waals surface area contributed by atoms with Crippen LogP contribution in [0.4, 0.5) is 0 Å². The van der Waals surface area contributed by atoms with Gasteiger partial charge in [-0.15, -0.1) is 0 Å².